The first-order chi connectivity index (χ1) is 8.11. The van der Waals surface area contributed by atoms with E-state index in [1.165, 1.54) is 25.7 Å². The molecule has 3 fully saturated rings. The molecule has 0 amide bonds. The minimum atomic E-state index is 0.597. The summed E-state index contributed by atoms with van der Waals surface area (Å²) in [5.41, 5.74) is 0.597. The van der Waals surface area contributed by atoms with E-state index in [-0.39, 0.29) is 0 Å². The average Bonchev–Trinajstić information content (AvgIpc) is 2.87. The van der Waals surface area contributed by atoms with Crippen LogP contribution in [0.3, 0.4) is 0 Å². The Kier molecular flexibility index (Phi) is 3.04. The molecule has 98 valence electrons. The Morgan fingerprint density at radius 3 is 2.35 bits per heavy atom. The SMILES string of the molecule is CCC(C)(C)CC1CC2CC1C1CCCCC21. The molecule has 0 N–H and O–H groups in total. The van der Waals surface area contributed by atoms with Crippen LogP contribution in [0.2, 0.25) is 0 Å². The maximum absolute atomic E-state index is 2.48. The minimum absolute atomic E-state index is 0.597. The van der Waals surface area contributed by atoms with Crippen LogP contribution < -0.4 is 0 Å². The molecule has 17 heavy (non-hydrogen) atoms. The number of hydrogen-bond donors (Lipinski definition) is 0. The van der Waals surface area contributed by atoms with E-state index in [9.17, 15) is 0 Å². The molecule has 3 rings (SSSR count). The summed E-state index contributed by atoms with van der Waals surface area (Å²) in [6.45, 7) is 7.34. The van der Waals surface area contributed by atoms with E-state index in [1.807, 2.05) is 0 Å². The average molecular weight is 234 g/mol. The molecule has 3 saturated carbocycles. The lowest BCUT2D eigenvalue weighted by Gasteiger charge is -2.41. The summed E-state index contributed by atoms with van der Waals surface area (Å²) in [5.74, 6) is 5.68. The van der Waals surface area contributed by atoms with Crippen LogP contribution in [0, 0.1) is 35.0 Å². The van der Waals surface area contributed by atoms with Crippen LogP contribution in [-0.2, 0) is 0 Å². The molecule has 3 aliphatic rings. The van der Waals surface area contributed by atoms with Crippen LogP contribution in [0.4, 0.5) is 0 Å². The molecule has 5 atom stereocenters. The molecule has 0 heteroatoms. The third-order valence-electron chi connectivity index (χ3n) is 6.59. The van der Waals surface area contributed by atoms with Gasteiger partial charge in [0, 0.05) is 0 Å². The molecule has 0 aromatic rings. The largest absolute Gasteiger partial charge is 0.0649 e. The minimum Gasteiger partial charge on any atom is -0.0649 e. The Morgan fingerprint density at radius 1 is 0.941 bits per heavy atom. The van der Waals surface area contributed by atoms with E-state index in [2.05, 4.69) is 20.8 Å². The summed E-state index contributed by atoms with van der Waals surface area (Å²) in [7, 11) is 0. The molecule has 0 aliphatic heterocycles. The molecule has 5 unspecified atom stereocenters. The Balaban J connectivity index is 1.67. The smallest absolute Gasteiger partial charge is 0.0352 e. The third-order valence-corrected chi connectivity index (χ3v) is 6.59. The van der Waals surface area contributed by atoms with Gasteiger partial charge in [-0.3, -0.25) is 0 Å². The van der Waals surface area contributed by atoms with E-state index in [0.29, 0.717) is 5.41 Å². The molecule has 3 aliphatic carbocycles. The number of rotatable bonds is 3. The second-order valence-electron chi connectivity index (χ2n) is 7.99. The first-order valence-corrected chi connectivity index (χ1v) is 8.11. The normalized spacial score (nSPS) is 45.0. The number of hydrogen-bond acceptors (Lipinski definition) is 0. The van der Waals surface area contributed by atoms with E-state index >= 15 is 0 Å². The molecule has 0 spiro atoms. The first kappa shape index (κ1) is 12.1. The second kappa shape index (κ2) is 4.28. The van der Waals surface area contributed by atoms with Gasteiger partial charge in [-0.1, -0.05) is 40.0 Å². The molecule has 2 bridgehead atoms. The molecule has 0 radical (unpaired) electrons. The highest BCUT2D eigenvalue weighted by Gasteiger charge is 2.52. The summed E-state index contributed by atoms with van der Waals surface area (Å²) < 4.78 is 0. The fraction of sp³-hybridized carbons (Fsp3) is 1.00. The lowest BCUT2D eigenvalue weighted by molar-refractivity contribution is 0.0877. The molecular formula is C17H30. The van der Waals surface area contributed by atoms with Crippen LogP contribution in [-0.4, -0.2) is 0 Å². The Morgan fingerprint density at radius 2 is 1.65 bits per heavy atom. The van der Waals surface area contributed by atoms with Crippen LogP contribution in [0.25, 0.3) is 0 Å². The quantitative estimate of drug-likeness (QED) is 0.623. The van der Waals surface area contributed by atoms with Crippen molar-refractivity contribution in [3.63, 3.8) is 0 Å². The van der Waals surface area contributed by atoms with E-state index in [4.69, 9.17) is 0 Å². The van der Waals surface area contributed by atoms with Gasteiger partial charge in [0.15, 0.2) is 0 Å². The number of fused-ring (bicyclic) bond motifs is 5. The van der Waals surface area contributed by atoms with Gasteiger partial charge in [0.1, 0.15) is 0 Å². The second-order valence-corrected chi connectivity index (χ2v) is 7.99. The Labute approximate surface area is 108 Å². The van der Waals surface area contributed by atoms with Gasteiger partial charge in [0.2, 0.25) is 0 Å². The van der Waals surface area contributed by atoms with Crippen molar-refractivity contribution in [3.05, 3.63) is 0 Å². The van der Waals surface area contributed by atoms with Crippen LogP contribution in [0.15, 0.2) is 0 Å². The van der Waals surface area contributed by atoms with Crippen LogP contribution in [0.1, 0.15) is 72.1 Å². The van der Waals surface area contributed by atoms with Gasteiger partial charge in [0.05, 0.1) is 0 Å². The summed E-state index contributed by atoms with van der Waals surface area (Å²) in [6.07, 6.45) is 12.3. The van der Waals surface area contributed by atoms with Gasteiger partial charge in [-0.25, -0.2) is 0 Å². The van der Waals surface area contributed by atoms with Gasteiger partial charge in [-0.2, -0.15) is 0 Å². The topological polar surface area (TPSA) is 0 Å². The predicted molar refractivity (Wildman–Crippen MR) is 73.8 cm³/mol. The Bertz CT molecular complexity index is 278. The summed E-state index contributed by atoms with van der Waals surface area (Å²) in [5, 5.41) is 0. The maximum atomic E-state index is 2.48. The molecule has 0 aromatic heterocycles. The van der Waals surface area contributed by atoms with Crippen LogP contribution >= 0.6 is 0 Å². The monoisotopic (exact) mass is 234 g/mol. The fourth-order valence-corrected chi connectivity index (χ4v) is 5.47. The highest BCUT2D eigenvalue weighted by atomic mass is 14.6. The first-order valence-electron chi connectivity index (χ1n) is 8.11. The van der Waals surface area contributed by atoms with Crippen molar-refractivity contribution in [1.82, 2.24) is 0 Å². The van der Waals surface area contributed by atoms with E-state index in [1.54, 1.807) is 25.7 Å². The highest BCUT2D eigenvalue weighted by Crippen LogP contribution is 2.61. The van der Waals surface area contributed by atoms with E-state index in [0.717, 1.165) is 29.6 Å². The standard InChI is InChI=1S/C17H30/c1-4-17(2,3)11-13-9-12-10-16(13)15-8-6-5-7-14(12)15/h12-16H,4-11H2,1-3H3. The highest BCUT2D eigenvalue weighted by molar-refractivity contribution is 5.02. The lowest BCUT2D eigenvalue weighted by Crippen LogP contribution is -2.32. The van der Waals surface area contributed by atoms with Crippen molar-refractivity contribution < 1.29 is 0 Å². The zero-order chi connectivity index (χ0) is 12.0. The zero-order valence-electron chi connectivity index (χ0n) is 12.0. The van der Waals surface area contributed by atoms with Crippen molar-refractivity contribution >= 4 is 0 Å². The van der Waals surface area contributed by atoms with Crippen LogP contribution in [0.5, 0.6) is 0 Å². The lowest BCUT2D eigenvalue weighted by atomic mass is 9.64. The predicted octanol–water partition coefficient (Wildman–Crippen LogP) is 5.28. The molecule has 0 heterocycles. The summed E-state index contributed by atoms with van der Waals surface area (Å²) in [4.78, 5) is 0. The van der Waals surface area contributed by atoms with Crippen molar-refractivity contribution in [3.8, 4) is 0 Å². The van der Waals surface area contributed by atoms with Gasteiger partial charge < -0.3 is 0 Å². The fourth-order valence-electron chi connectivity index (χ4n) is 5.47. The Hall–Kier alpha value is 0. The third kappa shape index (κ3) is 2.06. The van der Waals surface area contributed by atoms with Crippen molar-refractivity contribution in [2.45, 2.75) is 72.1 Å². The molecular weight excluding hydrogens is 204 g/mol. The van der Waals surface area contributed by atoms with E-state index < -0.39 is 0 Å². The van der Waals surface area contributed by atoms with Crippen molar-refractivity contribution in [2.24, 2.45) is 35.0 Å². The van der Waals surface area contributed by atoms with Gasteiger partial charge in [-0.05, 0) is 67.1 Å². The van der Waals surface area contributed by atoms with Gasteiger partial charge in [0.25, 0.3) is 0 Å². The zero-order valence-corrected chi connectivity index (χ0v) is 12.0. The van der Waals surface area contributed by atoms with Gasteiger partial charge in [-0.15, -0.1) is 0 Å². The van der Waals surface area contributed by atoms with Gasteiger partial charge >= 0.3 is 0 Å². The van der Waals surface area contributed by atoms with Crippen molar-refractivity contribution in [2.75, 3.05) is 0 Å². The molecule has 0 aromatic carbocycles. The molecule has 0 saturated heterocycles. The summed E-state index contributed by atoms with van der Waals surface area (Å²) >= 11 is 0. The molecule has 0 nitrogen and oxygen atoms in total. The maximum Gasteiger partial charge on any atom is -0.0352 e. The van der Waals surface area contributed by atoms with Crippen molar-refractivity contribution in [1.29, 1.82) is 0 Å². The summed E-state index contributed by atoms with van der Waals surface area (Å²) in [6, 6.07) is 0.